The van der Waals surface area contributed by atoms with Crippen molar-refractivity contribution in [3.8, 4) is 0 Å². The molecule has 230 valence electrons. The normalized spacial score (nSPS) is 17.0. The number of rotatable bonds is 5. The standard InChI is InChI=1S/C33H29F6N3O2/c1-21(27-19-40(2)28-11-7-6-10-26(27)28)29-20-41(30(43)13-12-22-8-4-3-5-9-22)14-15-42(29)31(44)23-16-24(32(34,35)36)18-25(17-23)33(37,38)39/h3-13,16-19,21,29H,14-15,20H2,1-2H3/b13-12+/t21-,29+/m1/s1. The Bertz CT molecular complexity index is 1680. The van der Waals surface area contributed by atoms with Gasteiger partial charge < -0.3 is 14.4 Å². The van der Waals surface area contributed by atoms with Crippen molar-refractivity contribution in [1.29, 1.82) is 0 Å². The summed E-state index contributed by atoms with van der Waals surface area (Å²) in [6.45, 7) is 1.83. The van der Waals surface area contributed by atoms with Gasteiger partial charge in [-0.3, -0.25) is 9.59 Å². The van der Waals surface area contributed by atoms with Gasteiger partial charge in [0.25, 0.3) is 5.91 Å². The number of aryl methyl sites for hydroxylation is 1. The smallest absolute Gasteiger partial charge is 0.350 e. The molecule has 2 atom stereocenters. The van der Waals surface area contributed by atoms with E-state index in [2.05, 4.69) is 0 Å². The van der Waals surface area contributed by atoms with Crippen LogP contribution in [0, 0.1) is 0 Å². The van der Waals surface area contributed by atoms with Crippen molar-refractivity contribution in [3.05, 3.63) is 113 Å². The minimum Gasteiger partial charge on any atom is -0.350 e. The number of hydrogen-bond donors (Lipinski definition) is 0. The van der Waals surface area contributed by atoms with Crippen LogP contribution in [0.25, 0.3) is 17.0 Å². The third-order valence-corrected chi connectivity index (χ3v) is 8.04. The van der Waals surface area contributed by atoms with Crippen LogP contribution in [0.15, 0.2) is 85.1 Å². The Morgan fingerprint density at radius 3 is 2.11 bits per heavy atom. The van der Waals surface area contributed by atoms with Gasteiger partial charge in [0.2, 0.25) is 5.91 Å². The molecule has 0 saturated carbocycles. The number of nitrogens with zero attached hydrogens (tertiary/aromatic N) is 3. The summed E-state index contributed by atoms with van der Waals surface area (Å²) in [5.74, 6) is -1.73. The molecule has 5 nitrogen and oxygen atoms in total. The van der Waals surface area contributed by atoms with Gasteiger partial charge in [-0.15, -0.1) is 0 Å². The van der Waals surface area contributed by atoms with E-state index in [4.69, 9.17) is 0 Å². The van der Waals surface area contributed by atoms with E-state index in [1.807, 2.05) is 79.3 Å². The Labute approximate surface area is 250 Å². The van der Waals surface area contributed by atoms with Gasteiger partial charge in [-0.1, -0.05) is 55.5 Å². The molecule has 0 aliphatic carbocycles. The zero-order valence-corrected chi connectivity index (χ0v) is 23.9. The maximum Gasteiger partial charge on any atom is 0.416 e. The van der Waals surface area contributed by atoms with Crippen LogP contribution in [0.2, 0.25) is 0 Å². The maximum atomic E-state index is 13.8. The number of fused-ring (bicyclic) bond motifs is 1. The summed E-state index contributed by atoms with van der Waals surface area (Å²) in [5, 5.41) is 0.890. The number of amides is 2. The van der Waals surface area contributed by atoms with E-state index >= 15 is 0 Å². The lowest BCUT2D eigenvalue weighted by Crippen LogP contribution is -2.58. The summed E-state index contributed by atoms with van der Waals surface area (Å²) in [6.07, 6.45) is -5.23. The van der Waals surface area contributed by atoms with Gasteiger partial charge in [0, 0.05) is 61.3 Å². The number of benzene rings is 3. The molecule has 4 aromatic rings. The quantitative estimate of drug-likeness (QED) is 0.174. The Hall–Kier alpha value is -4.54. The van der Waals surface area contributed by atoms with Gasteiger partial charge in [-0.05, 0) is 41.5 Å². The molecular weight excluding hydrogens is 584 g/mol. The summed E-state index contributed by atoms with van der Waals surface area (Å²) in [4.78, 5) is 29.9. The lowest BCUT2D eigenvalue weighted by Gasteiger charge is -2.44. The van der Waals surface area contributed by atoms with Crippen molar-refractivity contribution >= 4 is 28.8 Å². The van der Waals surface area contributed by atoms with E-state index in [1.165, 1.54) is 11.0 Å². The maximum absolute atomic E-state index is 13.8. The molecular formula is C33H29F6N3O2. The molecule has 2 heterocycles. The predicted molar refractivity (Wildman–Crippen MR) is 155 cm³/mol. The summed E-state index contributed by atoms with van der Waals surface area (Å²) < 4.78 is 83.6. The summed E-state index contributed by atoms with van der Waals surface area (Å²) >= 11 is 0. The molecule has 5 rings (SSSR count). The molecule has 2 amide bonds. The van der Waals surface area contributed by atoms with E-state index in [-0.39, 0.29) is 31.6 Å². The van der Waals surface area contributed by atoms with Crippen molar-refractivity contribution in [2.24, 2.45) is 7.05 Å². The number of hydrogen-bond acceptors (Lipinski definition) is 2. The Morgan fingerprint density at radius 1 is 0.864 bits per heavy atom. The SMILES string of the molecule is C[C@H](c1cn(C)c2ccccc12)[C@@H]1CN(C(=O)/C=C/c2ccccc2)CCN1C(=O)c1cc(C(F)(F)F)cc(C(F)(F)F)c1. The van der Waals surface area contributed by atoms with Crippen LogP contribution in [-0.2, 0) is 24.2 Å². The fourth-order valence-electron chi connectivity index (χ4n) is 5.71. The summed E-state index contributed by atoms with van der Waals surface area (Å²) in [7, 11) is 1.86. The number of alkyl halides is 6. The van der Waals surface area contributed by atoms with Gasteiger partial charge in [-0.2, -0.15) is 26.3 Å². The van der Waals surface area contributed by atoms with Crippen LogP contribution in [0.3, 0.4) is 0 Å². The Kier molecular flexibility index (Phi) is 8.33. The molecule has 1 saturated heterocycles. The second-order valence-electron chi connectivity index (χ2n) is 10.9. The highest BCUT2D eigenvalue weighted by Crippen LogP contribution is 2.38. The second kappa shape index (κ2) is 11.9. The number of piperazine rings is 1. The van der Waals surface area contributed by atoms with E-state index < -0.39 is 46.9 Å². The van der Waals surface area contributed by atoms with Crippen molar-refractivity contribution < 1.29 is 35.9 Å². The molecule has 44 heavy (non-hydrogen) atoms. The van der Waals surface area contributed by atoms with Crippen LogP contribution in [-0.4, -0.2) is 51.9 Å². The van der Waals surface area contributed by atoms with E-state index in [1.54, 1.807) is 11.0 Å². The highest BCUT2D eigenvalue weighted by Gasteiger charge is 2.41. The van der Waals surface area contributed by atoms with Gasteiger partial charge in [-0.25, -0.2) is 0 Å². The molecule has 0 bridgehead atoms. The van der Waals surface area contributed by atoms with Crippen LogP contribution in [0.1, 0.15) is 45.5 Å². The van der Waals surface area contributed by atoms with Crippen molar-refractivity contribution in [3.63, 3.8) is 0 Å². The zero-order chi connectivity index (χ0) is 31.8. The van der Waals surface area contributed by atoms with Gasteiger partial charge >= 0.3 is 12.4 Å². The van der Waals surface area contributed by atoms with Crippen LogP contribution >= 0.6 is 0 Å². The van der Waals surface area contributed by atoms with Crippen molar-refractivity contribution in [1.82, 2.24) is 14.4 Å². The van der Waals surface area contributed by atoms with Crippen LogP contribution in [0.5, 0.6) is 0 Å². The summed E-state index contributed by atoms with van der Waals surface area (Å²) in [5.41, 5.74) is -1.29. The molecule has 1 aliphatic rings. The van der Waals surface area contributed by atoms with E-state index in [9.17, 15) is 35.9 Å². The second-order valence-corrected chi connectivity index (χ2v) is 10.9. The van der Waals surface area contributed by atoms with E-state index in [0.29, 0.717) is 12.1 Å². The predicted octanol–water partition coefficient (Wildman–Crippen LogP) is 7.39. The lowest BCUT2D eigenvalue weighted by molar-refractivity contribution is -0.143. The molecule has 0 unspecified atom stereocenters. The molecule has 1 fully saturated rings. The molecule has 3 aromatic carbocycles. The van der Waals surface area contributed by atoms with Gasteiger partial charge in [0.15, 0.2) is 0 Å². The minimum absolute atomic E-state index is 0.00265. The fraction of sp³-hybridized carbons (Fsp3) is 0.273. The number of carbonyl (C=O) groups is 2. The lowest BCUT2D eigenvalue weighted by atomic mass is 9.89. The fourth-order valence-corrected chi connectivity index (χ4v) is 5.71. The molecule has 1 aromatic heterocycles. The van der Waals surface area contributed by atoms with Gasteiger partial charge in [0.1, 0.15) is 0 Å². The third kappa shape index (κ3) is 6.36. The van der Waals surface area contributed by atoms with E-state index in [0.717, 1.165) is 22.0 Å². The molecule has 1 aliphatic heterocycles. The Balaban J connectivity index is 1.53. The summed E-state index contributed by atoms with van der Waals surface area (Å²) in [6, 6.07) is 16.9. The molecule has 11 heteroatoms. The first-order chi connectivity index (χ1) is 20.7. The molecule has 0 radical (unpaired) electrons. The topological polar surface area (TPSA) is 45.6 Å². The average molecular weight is 614 g/mol. The first-order valence-corrected chi connectivity index (χ1v) is 13.9. The first-order valence-electron chi connectivity index (χ1n) is 13.9. The number of carbonyl (C=O) groups excluding carboxylic acids is 2. The van der Waals surface area contributed by atoms with Crippen molar-refractivity contribution in [2.45, 2.75) is 31.2 Å². The number of para-hydroxylation sites is 1. The highest BCUT2D eigenvalue weighted by atomic mass is 19.4. The largest absolute Gasteiger partial charge is 0.416 e. The van der Waals surface area contributed by atoms with Gasteiger partial charge in [0.05, 0.1) is 17.2 Å². The Morgan fingerprint density at radius 2 is 1.48 bits per heavy atom. The first kappa shape index (κ1) is 30.9. The monoisotopic (exact) mass is 613 g/mol. The number of halogens is 6. The zero-order valence-electron chi connectivity index (χ0n) is 23.9. The van der Waals surface area contributed by atoms with Crippen LogP contribution < -0.4 is 0 Å². The highest BCUT2D eigenvalue weighted by molar-refractivity contribution is 5.96. The molecule has 0 spiro atoms. The minimum atomic E-state index is -5.10. The number of aromatic nitrogens is 1. The molecule has 0 N–H and O–H groups in total. The average Bonchev–Trinajstić information content (AvgIpc) is 3.34. The van der Waals surface area contributed by atoms with Crippen LogP contribution in [0.4, 0.5) is 26.3 Å². The third-order valence-electron chi connectivity index (χ3n) is 8.04. The van der Waals surface area contributed by atoms with Crippen molar-refractivity contribution in [2.75, 3.05) is 19.6 Å².